The maximum absolute atomic E-state index is 5.21. The molecule has 0 radical (unpaired) electrons. The van der Waals surface area contributed by atoms with E-state index in [1.54, 1.807) is 7.11 Å². The summed E-state index contributed by atoms with van der Waals surface area (Å²) in [6, 6.07) is 8.00. The zero-order valence-electron chi connectivity index (χ0n) is 12.6. The molecule has 114 valence electrons. The summed E-state index contributed by atoms with van der Waals surface area (Å²) in [4.78, 5) is 4.57. The summed E-state index contributed by atoms with van der Waals surface area (Å²) in [5, 5.41) is 6.58. The van der Waals surface area contributed by atoms with Crippen molar-refractivity contribution in [1.82, 2.24) is 10.6 Å². The molecule has 0 saturated carbocycles. The zero-order valence-corrected chi connectivity index (χ0v) is 14.9. The second-order valence-corrected chi connectivity index (χ2v) is 4.33. The van der Waals surface area contributed by atoms with Crippen LogP contribution in [0.4, 0.5) is 0 Å². The molecule has 0 bridgehead atoms. The number of methoxy groups -OCH3 is 1. The first-order chi connectivity index (χ1) is 9.30. The van der Waals surface area contributed by atoms with Gasteiger partial charge in [-0.2, -0.15) is 0 Å². The second kappa shape index (κ2) is 11.8. The third-order valence-corrected chi connectivity index (χ3v) is 2.72. The Bertz CT molecular complexity index is 396. The quantitative estimate of drug-likeness (QED) is 0.325. The van der Waals surface area contributed by atoms with Crippen LogP contribution in [0.25, 0.3) is 0 Å². The molecule has 20 heavy (non-hydrogen) atoms. The van der Waals surface area contributed by atoms with Crippen LogP contribution in [0.2, 0.25) is 0 Å². The molecule has 1 rings (SSSR count). The Hall–Kier alpha value is -0.980. The fourth-order valence-corrected chi connectivity index (χ4v) is 1.67. The molecule has 1 aromatic carbocycles. The first-order valence-corrected chi connectivity index (χ1v) is 6.95. The molecule has 0 aromatic heterocycles. The summed E-state index contributed by atoms with van der Waals surface area (Å²) in [5.41, 5.74) is 1.15. The van der Waals surface area contributed by atoms with Gasteiger partial charge in [-0.25, -0.2) is 4.99 Å². The Labute approximate surface area is 139 Å². The highest BCUT2D eigenvalue weighted by Crippen LogP contribution is 2.12. The van der Waals surface area contributed by atoms with Crippen molar-refractivity contribution in [3.8, 4) is 5.75 Å². The highest BCUT2D eigenvalue weighted by atomic mass is 127. The fraction of sp³-hybridized carbons (Fsp3) is 0.533. The molecular formula is C15H26IN3O. The molecule has 0 aliphatic carbocycles. The third-order valence-electron chi connectivity index (χ3n) is 2.72. The predicted octanol–water partition coefficient (Wildman–Crippen LogP) is 3.17. The van der Waals surface area contributed by atoms with Gasteiger partial charge in [-0.15, -0.1) is 24.0 Å². The van der Waals surface area contributed by atoms with Crippen LogP contribution in [-0.4, -0.2) is 26.2 Å². The zero-order chi connectivity index (χ0) is 13.9. The number of hydrogen-bond acceptors (Lipinski definition) is 2. The van der Waals surface area contributed by atoms with E-state index in [9.17, 15) is 0 Å². The van der Waals surface area contributed by atoms with Crippen LogP contribution in [0.1, 0.15) is 32.3 Å². The molecule has 1 aromatic rings. The topological polar surface area (TPSA) is 45.7 Å². The van der Waals surface area contributed by atoms with E-state index >= 15 is 0 Å². The van der Waals surface area contributed by atoms with Crippen molar-refractivity contribution in [3.05, 3.63) is 29.8 Å². The minimum atomic E-state index is 0. The number of guanidine groups is 1. The molecule has 0 amide bonds. The molecule has 0 spiro atoms. The molecule has 0 heterocycles. The third kappa shape index (κ3) is 7.57. The Morgan fingerprint density at radius 2 is 2.05 bits per heavy atom. The molecule has 5 heteroatoms. The van der Waals surface area contributed by atoms with E-state index in [4.69, 9.17) is 4.74 Å². The van der Waals surface area contributed by atoms with Crippen LogP contribution in [0, 0.1) is 0 Å². The molecule has 0 atom stereocenters. The fourth-order valence-electron chi connectivity index (χ4n) is 1.67. The average molecular weight is 391 g/mol. The van der Waals surface area contributed by atoms with Crippen LogP contribution in [0.3, 0.4) is 0 Å². The van der Waals surface area contributed by atoms with Gasteiger partial charge in [0.1, 0.15) is 5.75 Å². The number of ether oxygens (including phenoxy) is 1. The van der Waals surface area contributed by atoms with Crippen LogP contribution in [0.15, 0.2) is 29.3 Å². The van der Waals surface area contributed by atoms with Crippen molar-refractivity contribution >= 4 is 29.9 Å². The van der Waals surface area contributed by atoms with Crippen molar-refractivity contribution in [1.29, 1.82) is 0 Å². The maximum atomic E-state index is 5.21. The van der Waals surface area contributed by atoms with Gasteiger partial charge in [0.05, 0.1) is 13.7 Å². The molecule has 0 aliphatic rings. The highest BCUT2D eigenvalue weighted by Gasteiger charge is 1.98. The summed E-state index contributed by atoms with van der Waals surface area (Å²) in [6.45, 7) is 6.74. The van der Waals surface area contributed by atoms with Gasteiger partial charge in [-0.1, -0.05) is 25.5 Å². The molecule has 0 aliphatic heterocycles. The number of benzene rings is 1. The summed E-state index contributed by atoms with van der Waals surface area (Å²) < 4.78 is 5.21. The number of nitrogens with zero attached hydrogens (tertiary/aromatic N) is 1. The Balaban J connectivity index is 0.00000361. The summed E-state index contributed by atoms with van der Waals surface area (Å²) in [5.74, 6) is 1.75. The van der Waals surface area contributed by atoms with Crippen LogP contribution < -0.4 is 15.4 Å². The Morgan fingerprint density at radius 3 is 2.70 bits per heavy atom. The molecule has 0 saturated heterocycles. The van der Waals surface area contributed by atoms with Crippen molar-refractivity contribution < 1.29 is 4.74 Å². The smallest absolute Gasteiger partial charge is 0.191 e. The summed E-state index contributed by atoms with van der Waals surface area (Å²) in [7, 11) is 1.68. The Kier molecular flexibility index (Phi) is 11.2. The van der Waals surface area contributed by atoms with Crippen LogP contribution >= 0.6 is 24.0 Å². The highest BCUT2D eigenvalue weighted by molar-refractivity contribution is 14.0. The largest absolute Gasteiger partial charge is 0.497 e. The lowest BCUT2D eigenvalue weighted by molar-refractivity contribution is 0.414. The minimum absolute atomic E-state index is 0. The SMILES string of the molecule is CCCCNC(=NCc1cccc(OC)c1)NCC.I. The lowest BCUT2D eigenvalue weighted by Gasteiger charge is -2.10. The van der Waals surface area contributed by atoms with Crippen molar-refractivity contribution in [3.63, 3.8) is 0 Å². The number of hydrogen-bond donors (Lipinski definition) is 2. The van der Waals surface area contributed by atoms with Gasteiger partial charge < -0.3 is 15.4 Å². The van der Waals surface area contributed by atoms with Crippen molar-refractivity contribution in [2.75, 3.05) is 20.2 Å². The molecule has 0 unspecified atom stereocenters. The van der Waals surface area contributed by atoms with E-state index in [0.717, 1.165) is 36.8 Å². The number of aliphatic imine (C=N–C) groups is 1. The Morgan fingerprint density at radius 1 is 1.25 bits per heavy atom. The van der Waals surface area contributed by atoms with Crippen LogP contribution in [0.5, 0.6) is 5.75 Å². The molecule has 2 N–H and O–H groups in total. The van der Waals surface area contributed by atoms with Gasteiger partial charge in [-0.3, -0.25) is 0 Å². The normalized spacial score (nSPS) is 10.7. The first-order valence-electron chi connectivity index (χ1n) is 6.95. The van der Waals surface area contributed by atoms with E-state index < -0.39 is 0 Å². The predicted molar refractivity (Wildman–Crippen MR) is 96.1 cm³/mol. The van der Waals surface area contributed by atoms with Gasteiger partial charge in [0.15, 0.2) is 5.96 Å². The van der Waals surface area contributed by atoms with Gasteiger partial charge in [0.25, 0.3) is 0 Å². The van der Waals surface area contributed by atoms with Crippen molar-refractivity contribution in [2.24, 2.45) is 4.99 Å². The number of halogens is 1. The first kappa shape index (κ1) is 19.0. The van der Waals surface area contributed by atoms with Gasteiger partial charge in [-0.05, 0) is 31.0 Å². The maximum Gasteiger partial charge on any atom is 0.191 e. The standard InChI is InChI=1S/C15H25N3O.HI/c1-4-6-10-17-15(16-5-2)18-12-13-8-7-9-14(11-13)19-3;/h7-9,11H,4-6,10,12H2,1-3H3,(H2,16,17,18);1H. The number of rotatable bonds is 7. The summed E-state index contributed by atoms with van der Waals surface area (Å²) in [6.07, 6.45) is 2.34. The van der Waals surface area contributed by atoms with Crippen molar-refractivity contribution in [2.45, 2.75) is 33.2 Å². The van der Waals surface area contributed by atoms with E-state index in [1.165, 1.54) is 6.42 Å². The van der Waals surface area contributed by atoms with Crippen LogP contribution in [-0.2, 0) is 6.54 Å². The van der Waals surface area contributed by atoms with E-state index in [-0.39, 0.29) is 24.0 Å². The average Bonchev–Trinajstić information content (AvgIpc) is 2.45. The lowest BCUT2D eigenvalue weighted by Crippen LogP contribution is -2.37. The number of nitrogens with one attached hydrogen (secondary N) is 2. The van der Waals surface area contributed by atoms with E-state index in [1.807, 2.05) is 18.2 Å². The molecule has 4 nitrogen and oxygen atoms in total. The molecular weight excluding hydrogens is 365 g/mol. The summed E-state index contributed by atoms with van der Waals surface area (Å²) >= 11 is 0. The minimum Gasteiger partial charge on any atom is -0.497 e. The van der Waals surface area contributed by atoms with Gasteiger partial charge in [0.2, 0.25) is 0 Å². The van der Waals surface area contributed by atoms with Gasteiger partial charge >= 0.3 is 0 Å². The van der Waals surface area contributed by atoms with E-state index in [2.05, 4.69) is 35.5 Å². The lowest BCUT2D eigenvalue weighted by atomic mass is 10.2. The number of unbranched alkanes of at least 4 members (excludes halogenated alkanes) is 1. The molecule has 0 fully saturated rings. The monoisotopic (exact) mass is 391 g/mol. The van der Waals surface area contributed by atoms with Gasteiger partial charge in [0, 0.05) is 13.1 Å². The second-order valence-electron chi connectivity index (χ2n) is 4.33. The van der Waals surface area contributed by atoms with E-state index in [0.29, 0.717) is 6.54 Å².